The number of hydrogen-bond donors (Lipinski definition) is 1. The highest BCUT2D eigenvalue weighted by Gasteiger charge is 2.19. The Morgan fingerprint density at radius 3 is 2.47 bits per heavy atom. The molecule has 1 unspecified atom stereocenters. The van der Waals surface area contributed by atoms with E-state index in [1.807, 2.05) is 0 Å². The molecule has 0 bridgehead atoms. The van der Waals surface area contributed by atoms with Gasteiger partial charge in [-0.2, -0.15) is 0 Å². The van der Waals surface area contributed by atoms with Crippen molar-refractivity contribution in [1.82, 2.24) is 15.1 Å². The van der Waals surface area contributed by atoms with Crippen molar-refractivity contribution in [2.45, 2.75) is 51.6 Å². The SMILES string of the molecule is CCCC(C)NCCN1CCC(N(C)C)CC1. The summed E-state index contributed by atoms with van der Waals surface area (Å²) in [6.07, 6.45) is 5.24. The monoisotopic (exact) mass is 241 g/mol. The number of nitrogens with zero attached hydrogens (tertiary/aromatic N) is 2. The van der Waals surface area contributed by atoms with Crippen LogP contribution in [0.5, 0.6) is 0 Å². The topological polar surface area (TPSA) is 18.5 Å². The van der Waals surface area contributed by atoms with Crippen LogP contribution in [0.3, 0.4) is 0 Å². The van der Waals surface area contributed by atoms with Crippen LogP contribution in [0.4, 0.5) is 0 Å². The van der Waals surface area contributed by atoms with E-state index in [4.69, 9.17) is 0 Å². The van der Waals surface area contributed by atoms with Crippen molar-refractivity contribution >= 4 is 0 Å². The van der Waals surface area contributed by atoms with E-state index < -0.39 is 0 Å². The summed E-state index contributed by atoms with van der Waals surface area (Å²) >= 11 is 0. The first-order valence-corrected chi connectivity index (χ1v) is 7.25. The molecule has 1 fully saturated rings. The van der Waals surface area contributed by atoms with Gasteiger partial charge in [-0.1, -0.05) is 13.3 Å². The van der Waals surface area contributed by atoms with Gasteiger partial charge in [-0.25, -0.2) is 0 Å². The zero-order chi connectivity index (χ0) is 12.7. The maximum atomic E-state index is 3.61. The highest BCUT2D eigenvalue weighted by atomic mass is 15.2. The van der Waals surface area contributed by atoms with E-state index in [0.29, 0.717) is 6.04 Å². The molecule has 1 aliphatic rings. The third kappa shape index (κ3) is 5.84. The summed E-state index contributed by atoms with van der Waals surface area (Å²) in [5.74, 6) is 0. The van der Waals surface area contributed by atoms with Gasteiger partial charge in [-0.3, -0.25) is 0 Å². The van der Waals surface area contributed by atoms with E-state index in [2.05, 4.69) is 43.1 Å². The van der Waals surface area contributed by atoms with Crippen molar-refractivity contribution in [3.8, 4) is 0 Å². The molecule has 102 valence electrons. The molecule has 0 spiro atoms. The standard InChI is InChI=1S/C14H31N3/c1-5-6-13(2)15-9-12-17-10-7-14(8-11-17)16(3)4/h13-15H,5-12H2,1-4H3. The van der Waals surface area contributed by atoms with Gasteiger partial charge in [0.25, 0.3) is 0 Å². The van der Waals surface area contributed by atoms with Gasteiger partial charge in [0.15, 0.2) is 0 Å². The van der Waals surface area contributed by atoms with Crippen LogP contribution in [0.15, 0.2) is 0 Å². The summed E-state index contributed by atoms with van der Waals surface area (Å²) in [4.78, 5) is 4.98. The number of likely N-dealkylation sites (tertiary alicyclic amines) is 1. The molecule has 3 heteroatoms. The van der Waals surface area contributed by atoms with Crippen LogP contribution in [0.2, 0.25) is 0 Å². The Labute approximate surface area is 108 Å². The van der Waals surface area contributed by atoms with Crippen molar-refractivity contribution in [2.24, 2.45) is 0 Å². The summed E-state index contributed by atoms with van der Waals surface area (Å²) in [5.41, 5.74) is 0. The van der Waals surface area contributed by atoms with Crippen LogP contribution >= 0.6 is 0 Å². The van der Waals surface area contributed by atoms with Gasteiger partial charge < -0.3 is 15.1 Å². The molecular weight excluding hydrogens is 210 g/mol. The molecule has 0 amide bonds. The van der Waals surface area contributed by atoms with Crippen molar-refractivity contribution in [2.75, 3.05) is 40.3 Å². The minimum absolute atomic E-state index is 0.680. The minimum atomic E-state index is 0.680. The van der Waals surface area contributed by atoms with Gasteiger partial charge in [0, 0.05) is 25.2 Å². The lowest BCUT2D eigenvalue weighted by atomic mass is 10.0. The molecule has 1 N–H and O–H groups in total. The minimum Gasteiger partial charge on any atom is -0.313 e. The van der Waals surface area contributed by atoms with Crippen LogP contribution in [-0.2, 0) is 0 Å². The molecule has 1 rings (SSSR count). The van der Waals surface area contributed by atoms with E-state index in [1.165, 1.54) is 45.3 Å². The first-order chi connectivity index (χ1) is 8.13. The lowest BCUT2D eigenvalue weighted by molar-refractivity contribution is 0.145. The van der Waals surface area contributed by atoms with Crippen molar-refractivity contribution < 1.29 is 0 Å². The maximum absolute atomic E-state index is 3.61. The largest absolute Gasteiger partial charge is 0.313 e. The molecule has 3 nitrogen and oxygen atoms in total. The van der Waals surface area contributed by atoms with Gasteiger partial charge in [0.05, 0.1) is 0 Å². The molecule has 1 aliphatic heterocycles. The van der Waals surface area contributed by atoms with Crippen LogP contribution in [0, 0.1) is 0 Å². The van der Waals surface area contributed by atoms with Crippen molar-refractivity contribution in [3.05, 3.63) is 0 Å². The molecule has 0 aromatic heterocycles. The Kier molecular flexibility index (Phi) is 7.09. The van der Waals surface area contributed by atoms with Crippen LogP contribution < -0.4 is 5.32 Å². The van der Waals surface area contributed by atoms with Crippen LogP contribution in [0.1, 0.15) is 39.5 Å². The predicted molar refractivity (Wildman–Crippen MR) is 75.5 cm³/mol. The first-order valence-electron chi connectivity index (χ1n) is 7.25. The van der Waals surface area contributed by atoms with E-state index in [0.717, 1.165) is 12.6 Å². The Bertz CT molecular complexity index is 186. The van der Waals surface area contributed by atoms with Crippen LogP contribution in [0.25, 0.3) is 0 Å². The molecule has 1 heterocycles. The smallest absolute Gasteiger partial charge is 0.0113 e. The van der Waals surface area contributed by atoms with E-state index >= 15 is 0 Å². The summed E-state index contributed by atoms with van der Waals surface area (Å²) in [6.45, 7) is 9.45. The van der Waals surface area contributed by atoms with Gasteiger partial charge in [-0.05, 0) is 53.4 Å². The summed E-state index contributed by atoms with van der Waals surface area (Å²) in [7, 11) is 4.41. The summed E-state index contributed by atoms with van der Waals surface area (Å²) in [6, 6.07) is 1.48. The van der Waals surface area contributed by atoms with E-state index in [-0.39, 0.29) is 0 Å². The Morgan fingerprint density at radius 1 is 1.29 bits per heavy atom. The molecule has 0 aliphatic carbocycles. The lowest BCUT2D eigenvalue weighted by Crippen LogP contribution is -2.44. The molecule has 1 atom stereocenters. The highest BCUT2D eigenvalue weighted by molar-refractivity contribution is 4.77. The van der Waals surface area contributed by atoms with Crippen molar-refractivity contribution in [3.63, 3.8) is 0 Å². The van der Waals surface area contributed by atoms with Crippen LogP contribution in [-0.4, -0.2) is 62.2 Å². The quantitative estimate of drug-likeness (QED) is 0.733. The lowest BCUT2D eigenvalue weighted by Gasteiger charge is -2.35. The molecular formula is C14H31N3. The molecule has 0 saturated carbocycles. The maximum Gasteiger partial charge on any atom is 0.0113 e. The number of hydrogen-bond acceptors (Lipinski definition) is 3. The fraction of sp³-hybridized carbons (Fsp3) is 1.00. The molecule has 0 radical (unpaired) electrons. The van der Waals surface area contributed by atoms with Gasteiger partial charge in [-0.15, -0.1) is 0 Å². The zero-order valence-electron chi connectivity index (χ0n) is 12.2. The molecule has 0 aromatic carbocycles. The summed E-state index contributed by atoms with van der Waals surface area (Å²) in [5, 5.41) is 3.61. The Hall–Kier alpha value is -0.120. The number of rotatable bonds is 7. The molecule has 1 saturated heterocycles. The normalized spacial score (nSPS) is 21.0. The second kappa shape index (κ2) is 8.06. The van der Waals surface area contributed by atoms with Gasteiger partial charge in [0.1, 0.15) is 0 Å². The third-order valence-electron chi connectivity index (χ3n) is 3.93. The molecule has 0 aromatic rings. The average molecular weight is 241 g/mol. The van der Waals surface area contributed by atoms with Gasteiger partial charge >= 0.3 is 0 Å². The van der Waals surface area contributed by atoms with Gasteiger partial charge in [0.2, 0.25) is 0 Å². The van der Waals surface area contributed by atoms with E-state index in [9.17, 15) is 0 Å². The molecule has 17 heavy (non-hydrogen) atoms. The Balaban J connectivity index is 2.06. The summed E-state index contributed by atoms with van der Waals surface area (Å²) < 4.78 is 0. The second-order valence-corrected chi connectivity index (χ2v) is 5.68. The first kappa shape index (κ1) is 14.9. The highest BCUT2D eigenvalue weighted by Crippen LogP contribution is 2.13. The zero-order valence-corrected chi connectivity index (χ0v) is 12.2. The number of piperidine rings is 1. The predicted octanol–water partition coefficient (Wildman–Crippen LogP) is 1.79. The average Bonchev–Trinajstić information content (AvgIpc) is 2.30. The second-order valence-electron chi connectivity index (χ2n) is 5.68. The van der Waals surface area contributed by atoms with Crippen molar-refractivity contribution in [1.29, 1.82) is 0 Å². The fourth-order valence-corrected chi connectivity index (χ4v) is 2.66. The third-order valence-corrected chi connectivity index (χ3v) is 3.93. The van der Waals surface area contributed by atoms with E-state index in [1.54, 1.807) is 0 Å². The number of nitrogens with one attached hydrogen (secondary N) is 1. The Morgan fingerprint density at radius 2 is 1.94 bits per heavy atom. The fourth-order valence-electron chi connectivity index (χ4n) is 2.66.